The van der Waals surface area contributed by atoms with E-state index in [0.29, 0.717) is 6.54 Å². The van der Waals surface area contributed by atoms with Crippen molar-refractivity contribution in [3.05, 3.63) is 28.5 Å². The molecule has 19 heavy (non-hydrogen) atoms. The summed E-state index contributed by atoms with van der Waals surface area (Å²) in [5, 5.41) is 0. The number of rotatable bonds is 5. The summed E-state index contributed by atoms with van der Waals surface area (Å²) in [5.41, 5.74) is 0.578. The second-order valence-electron chi connectivity index (χ2n) is 5.53. The largest absolute Gasteiger partial charge is 0.459 e. The number of esters is 1. The van der Waals surface area contributed by atoms with E-state index in [0.717, 1.165) is 23.3 Å². The van der Waals surface area contributed by atoms with Crippen LogP contribution in [0.15, 0.2) is 22.8 Å². The molecular weight excluding hydrogens is 308 g/mol. The first-order valence-corrected chi connectivity index (χ1v) is 7.07. The number of carbonyl (C=O) groups excluding carboxylic acids is 1. The summed E-state index contributed by atoms with van der Waals surface area (Å²) in [5.74, 6) is -0.197. The number of nitrogens with zero attached hydrogens (tertiary/aromatic N) is 2. The lowest BCUT2D eigenvalue weighted by Crippen LogP contribution is -2.33. The van der Waals surface area contributed by atoms with Crippen molar-refractivity contribution in [2.24, 2.45) is 0 Å². The molecule has 0 atom stereocenters. The highest BCUT2D eigenvalue weighted by Crippen LogP contribution is 2.08. The van der Waals surface area contributed by atoms with Crippen molar-refractivity contribution in [3.63, 3.8) is 0 Å². The first-order chi connectivity index (χ1) is 8.76. The highest BCUT2D eigenvalue weighted by atomic mass is 79.9. The summed E-state index contributed by atoms with van der Waals surface area (Å²) in [7, 11) is 1.90. The van der Waals surface area contributed by atoms with Gasteiger partial charge < -0.3 is 4.74 Å². The summed E-state index contributed by atoms with van der Waals surface area (Å²) in [6.07, 6.45) is 0.804. The standard InChI is InChI=1S/C14H21BrN2O2/c1-14(2,3)19-13(18)10-17(4)9-8-11-6-5-7-12(15)16-11/h5-7H,8-10H2,1-4H3. The Balaban J connectivity index is 2.36. The molecule has 0 radical (unpaired) electrons. The minimum absolute atomic E-state index is 0.197. The van der Waals surface area contributed by atoms with Crippen LogP contribution in [0.3, 0.4) is 0 Å². The van der Waals surface area contributed by atoms with E-state index in [4.69, 9.17) is 4.74 Å². The molecule has 0 saturated heterocycles. The van der Waals surface area contributed by atoms with Gasteiger partial charge in [0.05, 0.1) is 6.54 Å². The number of halogens is 1. The van der Waals surface area contributed by atoms with Crippen molar-refractivity contribution in [1.82, 2.24) is 9.88 Å². The van der Waals surface area contributed by atoms with Gasteiger partial charge in [0.2, 0.25) is 0 Å². The molecule has 4 nitrogen and oxygen atoms in total. The maximum Gasteiger partial charge on any atom is 0.320 e. The molecule has 0 fully saturated rings. The Labute approximate surface area is 123 Å². The van der Waals surface area contributed by atoms with Crippen LogP contribution in [0.5, 0.6) is 0 Å². The van der Waals surface area contributed by atoms with E-state index in [1.165, 1.54) is 0 Å². The van der Waals surface area contributed by atoms with Crippen molar-refractivity contribution in [2.45, 2.75) is 32.8 Å². The van der Waals surface area contributed by atoms with E-state index in [2.05, 4.69) is 20.9 Å². The smallest absolute Gasteiger partial charge is 0.320 e. The van der Waals surface area contributed by atoms with Crippen LogP contribution in [0.25, 0.3) is 0 Å². The molecule has 0 N–H and O–H groups in total. The van der Waals surface area contributed by atoms with Crippen LogP contribution in [-0.4, -0.2) is 41.6 Å². The lowest BCUT2D eigenvalue weighted by molar-refractivity contribution is -0.155. The third kappa shape index (κ3) is 7.28. The van der Waals surface area contributed by atoms with E-state index in [1.54, 1.807) is 0 Å². The van der Waals surface area contributed by atoms with Crippen LogP contribution in [-0.2, 0) is 16.0 Å². The third-order valence-electron chi connectivity index (χ3n) is 2.34. The first-order valence-electron chi connectivity index (χ1n) is 6.28. The molecule has 0 amide bonds. The fourth-order valence-corrected chi connectivity index (χ4v) is 1.95. The summed E-state index contributed by atoms with van der Waals surface area (Å²) >= 11 is 3.34. The Morgan fingerprint density at radius 1 is 1.42 bits per heavy atom. The van der Waals surface area contributed by atoms with Gasteiger partial charge in [0.25, 0.3) is 0 Å². The zero-order chi connectivity index (χ0) is 14.5. The summed E-state index contributed by atoms with van der Waals surface area (Å²) in [4.78, 5) is 17.9. The van der Waals surface area contributed by atoms with Gasteiger partial charge in [-0.2, -0.15) is 0 Å². The number of pyridine rings is 1. The normalized spacial score (nSPS) is 11.7. The predicted octanol–water partition coefficient (Wildman–Crippen LogP) is 2.66. The Hall–Kier alpha value is -0.940. The van der Waals surface area contributed by atoms with Gasteiger partial charge in [-0.1, -0.05) is 6.07 Å². The number of carbonyl (C=O) groups is 1. The third-order valence-corrected chi connectivity index (χ3v) is 2.78. The first kappa shape index (κ1) is 16.1. The van der Waals surface area contributed by atoms with Crippen molar-refractivity contribution in [3.8, 4) is 0 Å². The fourth-order valence-electron chi connectivity index (χ4n) is 1.57. The predicted molar refractivity (Wildman–Crippen MR) is 79.0 cm³/mol. The average molecular weight is 329 g/mol. The maximum atomic E-state index is 11.6. The summed E-state index contributed by atoms with van der Waals surface area (Å²) in [6, 6.07) is 5.83. The van der Waals surface area contributed by atoms with Crippen molar-refractivity contribution in [1.29, 1.82) is 0 Å². The molecule has 5 heteroatoms. The Kier molecular flexibility index (Phi) is 5.94. The van der Waals surface area contributed by atoms with Gasteiger partial charge in [-0.3, -0.25) is 9.69 Å². The van der Waals surface area contributed by atoms with Gasteiger partial charge in [0, 0.05) is 18.7 Å². The molecular formula is C14H21BrN2O2. The number of hydrogen-bond donors (Lipinski definition) is 0. The molecule has 1 aromatic rings. The van der Waals surface area contributed by atoms with Crippen LogP contribution in [0.1, 0.15) is 26.5 Å². The highest BCUT2D eigenvalue weighted by Gasteiger charge is 2.17. The van der Waals surface area contributed by atoms with Crippen molar-refractivity contribution in [2.75, 3.05) is 20.1 Å². The minimum Gasteiger partial charge on any atom is -0.459 e. The summed E-state index contributed by atoms with van der Waals surface area (Å²) in [6.45, 7) is 6.68. The van der Waals surface area contributed by atoms with E-state index in [9.17, 15) is 4.79 Å². The lowest BCUT2D eigenvalue weighted by Gasteiger charge is -2.22. The average Bonchev–Trinajstić information content (AvgIpc) is 2.23. The lowest BCUT2D eigenvalue weighted by atomic mass is 10.2. The van der Waals surface area contributed by atoms with Crippen LogP contribution in [0.4, 0.5) is 0 Å². The second kappa shape index (κ2) is 7.01. The van der Waals surface area contributed by atoms with Gasteiger partial charge >= 0.3 is 5.97 Å². The van der Waals surface area contributed by atoms with Gasteiger partial charge in [-0.25, -0.2) is 4.98 Å². The molecule has 0 bridgehead atoms. The highest BCUT2D eigenvalue weighted by molar-refractivity contribution is 9.10. The number of likely N-dealkylation sites (N-methyl/N-ethyl adjacent to an activating group) is 1. The molecule has 0 aliphatic rings. The Morgan fingerprint density at radius 3 is 2.68 bits per heavy atom. The zero-order valence-corrected chi connectivity index (χ0v) is 13.5. The molecule has 1 aromatic heterocycles. The van der Waals surface area contributed by atoms with Gasteiger partial charge in [0.1, 0.15) is 10.2 Å². The van der Waals surface area contributed by atoms with Gasteiger partial charge in [-0.15, -0.1) is 0 Å². The van der Waals surface area contributed by atoms with E-state index in [1.807, 2.05) is 50.9 Å². The topological polar surface area (TPSA) is 42.4 Å². The number of hydrogen-bond acceptors (Lipinski definition) is 4. The van der Waals surface area contributed by atoms with Crippen LogP contribution in [0, 0.1) is 0 Å². The Morgan fingerprint density at radius 2 is 2.11 bits per heavy atom. The number of aromatic nitrogens is 1. The summed E-state index contributed by atoms with van der Waals surface area (Å²) < 4.78 is 6.11. The SMILES string of the molecule is CN(CCc1cccc(Br)n1)CC(=O)OC(C)(C)C. The Bertz CT molecular complexity index is 430. The molecule has 1 heterocycles. The monoisotopic (exact) mass is 328 g/mol. The fraction of sp³-hybridized carbons (Fsp3) is 0.571. The molecule has 0 aromatic carbocycles. The molecule has 0 spiro atoms. The van der Waals surface area contributed by atoms with Gasteiger partial charge in [0.15, 0.2) is 0 Å². The molecule has 0 saturated carbocycles. The van der Waals surface area contributed by atoms with E-state index < -0.39 is 5.60 Å². The van der Waals surface area contributed by atoms with E-state index in [-0.39, 0.29) is 5.97 Å². The zero-order valence-electron chi connectivity index (χ0n) is 11.9. The molecule has 106 valence electrons. The van der Waals surface area contributed by atoms with Gasteiger partial charge in [-0.05, 0) is 55.9 Å². The maximum absolute atomic E-state index is 11.6. The quantitative estimate of drug-likeness (QED) is 0.615. The molecule has 1 rings (SSSR count). The van der Waals surface area contributed by atoms with Crippen LogP contribution >= 0.6 is 15.9 Å². The molecule has 0 unspecified atom stereocenters. The van der Waals surface area contributed by atoms with E-state index >= 15 is 0 Å². The van der Waals surface area contributed by atoms with Crippen molar-refractivity contribution >= 4 is 21.9 Å². The van der Waals surface area contributed by atoms with Crippen molar-refractivity contribution < 1.29 is 9.53 Å². The second-order valence-corrected chi connectivity index (χ2v) is 6.34. The van der Waals surface area contributed by atoms with Crippen LogP contribution in [0.2, 0.25) is 0 Å². The van der Waals surface area contributed by atoms with Crippen LogP contribution < -0.4 is 0 Å². The molecule has 0 aliphatic carbocycles. The molecule has 0 aliphatic heterocycles. The number of ether oxygens (including phenoxy) is 1. The minimum atomic E-state index is -0.427.